The standard InChI is InChI=1S/C40H50N8O12S.C34H47N7O9S/c1-5-34(51)45-23-46(35(52)6-2)25-47(24-45)36(53)17-19-61-22-33(50)44-37(26(3)4)32(49)20-28(8-7-18-42-39(41)55)38(54)43-29-11-9-27(10-12-29)21-59-40(56)60-31-15-13-30(14-16-31)48(57)58;1-5-29(45)39-19-40(30(46)6-2)21-41(20-39)31(47)13-15-51-18-28(44)38-32(23(3)4)27(43)16-25(8-7-14-36-34(35)49)33(48)37-26-11-9-24(10-12-26)17-50-22-42/h5-6,9-16,26,28,37H,1-2,7-8,17-25H2,3-4H3,(H,43,54)(H,44,50)(H3,41,42,55);5-6,9-12,22-23,25,32H,1-2,7-8,13-21H2,3-4H3,(H,37,48)(H,38,44)(H3,35,36,49)/t28-,37+;25-,32+/m11/s1/i;22D. The molecule has 112 heavy (non-hydrogen) atoms. The van der Waals surface area contributed by atoms with Gasteiger partial charge in [0.1, 0.15) is 19.0 Å². The number of nitrogens with zero attached hydrogens (tertiary/aromatic N) is 7. The van der Waals surface area contributed by atoms with Crippen LogP contribution in [-0.4, -0.2) is 218 Å². The topological polar surface area (TPSA) is 488 Å². The summed E-state index contributed by atoms with van der Waals surface area (Å²) in [6.45, 7) is 20.8. The average molecular weight is 1600 g/mol. The highest BCUT2D eigenvalue weighted by atomic mass is 32.2. The van der Waals surface area contributed by atoms with Gasteiger partial charge in [-0.25, -0.2) is 14.4 Å². The largest absolute Gasteiger partial charge is 0.514 e. The molecule has 4 atom stereocenters. The van der Waals surface area contributed by atoms with E-state index in [1.165, 1.54) is 65.4 Å². The lowest BCUT2D eigenvalue weighted by Crippen LogP contribution is -2.59. The van der Waals surface area contributed by atoms with Crippen molar-refractivity contribution in [2.45, 2.75) is 104 Å². The molecule has 0 spiro atoms. The number of amides is 14. The maximum Gasteiger partial charge on any atom is 0.514 e. The van der Waals surface area contributed by atoms with Gasteiger partial charge in [-0.05, 0) is 109 Å². The van der Waals surface area contributed by atoms with Crippen molar-refractivity contribution in [3.8, 4) is 5.75 Å². The summed E-state index contributed by atoms with van der Waals surface area (Å²) in [4.78, 5) is 218. The van der Waals surface area contributed by atoms with Crippen molar-refractivity contribution in [2.75, 3.05) is 86.7 Å². The van der Waals surface area contributed by atoms with E-state index < -0.39 is 101 Å². The smallest absolute Gasteiger partial charge is 0.463 e. The second kappa shape index (κ2) is 48.5. The summed E-state index contributed by atoms with van der Waals surface area (Å²) in [6.07, 6.45) is 2.87. The molecule has 0 radical (unpaired) electrons. The van der Waals surface area contributed by atoms with E-state index in [0.29, 0.717) is 35.3 Å². The van der Waals surface area contributed by atoms with E-state index in [-0.39, 0.29) is 175 Å². The third kappa shape index (κ3) is 33.1. The van der Waals surface area contributed by atoms with E-state index >= 15 is 0 Å². The second-order valence-electron chi connectivity index (χ2n) is 26.0. The molecular weight excluding hydrogens is 1500 g/mol. The SMILES string of the molecule is C=CC(=O)N1CN(C(=O)C=C)CN(C(=O)CCSCC(=O)N[C@H](C(=O)C[C@@H](CCCNC(N)=O)C(=O)Nc2ccc(COC(=O)Oc3ccc([N+](=O)[O-])cc3)cc2)C(C)C)C1.[2H]C(=O)OCc1ccc(NC(=O)[C@H](CCCNC(N)=O)CC(=O)[C@@H](NC(=O)CSCCC(=O)N2CN(C(=O)C=C)CN(C(=O)C=C)C2)C(C)C)cc1. The molecule has 36 nitrogen and oxygen atoms in total. The van der Waals surface area contributed by atoms with Crippen molar-refractivity contribution >= 4 is 136 Å². The molecule has 2 fully saturated rings. The van der Waals surface area contributed by atoms with E-state index in [1.54, 1.807) is 76.2 Å². The van der Waals surface area contributed by atoms with Crippen LogP contribution in [0.3, 0.4) is 0 Å². The third-order valence-electron chi connectivity index (χ3n) is 16.8. The summed E-state index contributed by atoms with van der Waals surface area (Å²) >= 11 is 2.34. The van der Waals surface area contributed by atoms with Crippen LogP contribution in [0.15, 0.2) is 123 Å². The third-order valence-corrected chi connectivity index (χ3v) is 18.7. The highest BCUT2D eigenvalue weighted by Gasteiger charge is 2.35. The fourth-order valence-corrected chi connectivity index (χ4v) is 12.4. The molecule has 2 aliphatic heterocycles. The lowest BCUT2D eigenvalue weighted by Gasteiger charge is -2.41. The Labute approximate surface area is 657 Å². The van der Waals surface area contributed by atoms with Crippen LogP contribution in [0.25, 0.3) is 0 Å². The van der Waals surface area contributed by atoms with E-state index in [9.17, 15) is 86.8 Å². The first-order valence-electron chi connectivity index (χ1n) is 35.7. The van der Waals surface area contributed by atoms with Gasteiger partial charge in [-0.3, -0.25) is 72.4 Å². The number of ketones is 2. The molecule has 2 heterocycles. The van der Waals surface area contributed by atoms with Gasteiger partial charge in [-0.1, -0.05) is 78.3 Å². The van der Waals surface area contributed by atoms with Crippen molar-refractivity contribution in [3.63, 3.8) is 0 Å². The lowest BCUT2D eigenvalue weighted by molar-refractivity contribution is -0.384. The molecule has 0 unspecified atom stereocenters. The average Bonchev–Trinajstić information content (AvgIpc) is 0.903. The molecule has 3 aromatic carbocycles. The van der Waals surface area contributed by atoms with Crippen LogP contribution in [0, 0.1) is 33.8 Å². The number of nitrogens with two attached hydrogens (primary N) is 2. The number of hydrogen-bond acceptors (Lipinski definition) is 23. The first kappa shape index (κ1) is 90.7. The molecule has 3 aromatic rings. The Bertz CT molecular complexity index is 3870. The number of carbonyl (C=O) groups excluding carboxylic acids is 16. The number of rotatable bonds is 42. The molecular formula is C74H97N15O21S2. The van der Waals surface area contributed by atoms with Crippen molar-refractivity contribution in [3.05, 3.63) is 145 Å². The monoisotopic (exact) mass is 1600 g/mol. The van der Waals surface area contributed by atoms with Crippen LogP contribution in [0.5, 0.6) is 5.75 Å². The number of Topliss-reactive ketones (excluding diaryl/α,β-unsaturated/α-hetero) is 2. The Balaban J connectivity index is 0.000000483. The van der Waals surface area contributed by atoms with Crippen molar-refractivity contribution in [1.82, 2.24) is 50.7 Å². The number of ether oxygens (including phenoxy) is 3. The van der Waals surface area contributed by atoms with Crippen LogP contribution in [0.2, 0.25) is 0 Å². The molecule has 2 saturated heterocycles. The van der Waals surface area contributed by atoms with Gasteiger partial charge in [0.25, 0.3) is 12.1 Å². The number of nitro groups is 1. The van der Waals surface area contributed by atoms with Crippen molar-refractivity contribution in [1.29, 1.82) is 0 Å². The van der Waals surface area contributed by atoms with Gasteiger partial charge in [-0.2, -0.15) is 23.5 Å². The summed E-state index contributed by atoms with van der Waals surface area (Å²) in [7, 11) is 0. The number of hydrogen-bond donors (Lipinski definition) is 8. The molecule has 10 N–H and O–H groups in total. The highest BCUT2D eigenvalue weighted by molar-refractivity contribution is 8.00. The van der Waals surface area contributed by atoms with Gasteiger partial charge in [0, 0.05) is 85.6 Å². The minimum atomic E-state index is -1.17. The number of nitrogens with one attached hydrogen (secondary N) is 6. The molecule has 0 bridgehead atoms. The highest BCUT2D eigenvalue weighted by Crippen LogP contribution is 2.24. The summed E-state index contributed by atoms with van der Waals surface area (Å²) < 4.78 is 21.6. The van der Waals surface area contributed by atoms with Gasteiger partial charge < -0.3 is 87.0 Å². The van der Waals surface area contributed by atoms with Crippen molar-refractivity contribution < 1.29 is 97.2 Å². The summed E-state index contributed by atoms with van der Waals surface area (Å²) in [6, 6.07) is 14.3. The molecule has 0 aromatic heterocycles. The number of carbonyl (C=O) groups is 16. The van der Waals surface area contributed by atoms with Gasteiger partial charge in [-0.15, -0.1) is 0 Å². The van der Waals surface area contributed by atoms with E-state index in [2.05, 4.69) is 63.0 Å². The van der Waals surface area contributed by atoms with Crippen LogP contribution < -0.4 is 48.1 Å². The quantitative estimate of drug-likeness (QED) is 0.00730. The summed E-state index contributed by atoms with van der Waals surface area (Å²) in [5, 5.41) is 26.8. The molecule has 0 saturated carbocycles. The fraction of sp³-hybridized carbons (Fsp3) is 0.432. The molecule has 2 aliphatic rings. The first-order chi connectivity index (χ1) is 53.6. The fourth-order valence-electron chi connectivity index (χ4n) is 10.9. The zero-order valence-electron chi connectivity index (χ0n) is 63.8. The minimum Gasteiger partial charge on any atom is -0.463 e. The Morgan fingerprint density at radius 1 is 0.545 bits per heavy atom. The number of nitro benzene ring substituents is 1. The van der Waals surface area contributed by atoms with Crippen molar-refractivity contribution in [2.24, 2.45) is 35.1 Å². The number of benzene rings is 3. The zero-order valence-corrected chi connectivity index (χ0v) is 64.4. The van der Waals surface area contributed by atoms with Gasteiger partial charge in [0.15, 0.2) is 12.9 Å². The van der Waals surface area contributed by atoms with Gasteiger partial charge in [0.05, 0.1) is 68.5 Å². The Morgan fingerprint density at radius 3 is 1.23 bits per heavy atom. The van der Waals surface area contributed by atoms with Crippen LogP contribution in [0.1, 0.15) is 91.6 Å². The normalized spacial score (nSPS) is 13.6. The summed E-state index contributed by atoms with van der Waals surface area (Å²) in [5.74, 6) is -6.92. The predicted molar refractivity (Wildman–Crippen MR) is 413 cm³/mol. The van der Waals surface area contributed by atoms with E-state index in [4.69, 9.17) is 22.3 Å². The van der Waals surface area contributed by atoms with Crippen LogP contribution >= 0.6 is 23.5 Å². The molecule has 38 heteroatoms. The number of anilines is 2. The lowest BCUT2D eigenvalue weighted by atomic mass is 9.89. The number of primary amides is 2. The van der Waals surface area contributed by atoms with Gasteiger partial charge in [0.2, 0.25) is 59.1 Å². The van der Waals surface area contributed by atoms with Gasteiger partial charge >= 0.3 is 18.2 Å². The molecule has 14 amide bonds. The molecule has 606 valence electrons. The molecule has 5 rings (SSSR count). The maximum absolute atomic E-state index is 13.7. The maximum atomic E-state index is 13.7. The number of urea groups is 2. The number of thioether (sulfide) groups is 2. The van der Waals surface area contributed by atoms with E-state index in [1.807, 2.05) is 0 Å². The Hall–Kier alpha value is -12.0. The minimum absolute atomic E-state index is 0.00869. The zero-order chi connectivity index (χ0) is 83.9. The Kier molecular flexibility index (Phi) is 39.3. The summed E-state index contributed by atoms with van der Waals surface area (Å²) in [5.41, 5.74) is 12.1. The first-order valence-corrected chi connectivity index (χ1v) is 37.6. The van der Waals surface area contributed by atoms with Crippen LogP contribution in [0.4, 0.5) is 31.4 Å². The number of non-ortho nitro benzene ring substituents is 1. The van der Waals surface area contributed by atoms with E-state index in [0.717, 1.165) is 36.1 Å². The second-order valence-corrected chi connectivity index (χ2v) is 28.2. The Morgan fingerprint density at radius 2 is 0.902 bits per heavy atom. The van der Waals surface area contributed by atoms with Crippen LogP contribution in [-0.2, 0) is 85.0 Å². The predicted octanol–water partition coefficient (Wildman–Crippen LogP) is 4.61. The molecule has 0 aliphatic carbocycles.